The summed E-state index contributed by atoms with van der Waals surface area (Å²) in [5, 5.41) is 7.75. The molecular formula is C135H135N3O2. The minimum Gasteiger partial charge on any atom is -0.494 e. The molecule has 5 nitrogen and oxygen atoms in total. The predicted octanol–water partition coefficient (Wildman–Crippen LogP) is 35.6. The highest BCUT2D eigenvalue weighted by molar-refractivity contribution is 6.21. The second-order valence-electron chi connectivity index (χ2n) is 39.6. The van der Waals surface area contributed by atoms with Gasteiger partial charge in [-0.2, -0.15) is 0 Å². The van der Waals surface area contributed by atoms with E-state index >= 15 is 0 Å². The number of hydrogen-bond donors (Lipinski definition) is 0. The average Bonchev–Trinajstić information content (AvgIpc) is 0.729. The molecule has 702 valence electrons. The van der Waals surface area contributed by atoms with Gasteiger partial charge in [0.05, 0.1) is 13.2 Å². The highest BCUT2D eigenvalue weighted by Crippen LogP contribution is 2.47. The highest BCUT2D eigenvalue weighted by Gasteiger charge is 2.23. The number of unbranched alkanes of at least 4 members (excludes halogenated alkanes) is 5. The van der Waals surface area contributed by atoms with Crippen LogP contribution in [0.25, 0.3) is 99.1 Å². The molecule has 140 heavy (non-hydrogen) atoms. The third-order valence-corrected chi connectivity index (χ3v) is 30.0. The zero-order chi connectivity index (χ0) is 95.6. The number of rotatable bonds is 36. The van der Waals surface area contributed by atoms with E-state index in [1.807, 2.05) is 0 Å². The molecule has 1 atom stereocenters. The maximum atomic E-state index is 6.57. The summed E-state index contributed by atoms with van der Waals surface area (Å²) in [6.45, 7) is 12.5. The minimum absolute atomic E-state index is 0.561. The summed E-state index contributed by atoms with van der Waals surface area (Å²) in [7, 11) is 6.40. The Hall–Kier alpha value is -14.3. The highest BCUT2D eigenvalue weighted by atomic mass is 16.5. The Morgan fingerprint density at radius 1 is 0.257 bits per heavy atom. The predicted molar refractivity (Wildman–Crippen MR) is 599 cm³/mol. The Morgan fingerprint density at radius 3 is 1.19 bits per heavy atom. The van der Waals surface area contributed by atoms with Gasteiger partial charge in [-0.3, -0.25) is 0 Å². The molecule has 1 unspecified atom stereocenters. The fourth-order valence-electron chi connectivity index (χ4n) is 20.9. The second kappa shape index (κ2) is 45.1. The molecule has 0 saturated carbocycles. The molecule has 0 N–H and O–H groups in total. The molecule has 5 heteroatoms. The van der Waals surface area contributed by atoms with Crippen molar-refractivity contribution in [2.24, 2.45) is 5.92 Å². The van der Waals surface area contributed by atoms with Crippen LogP contribution in [0.15, 0.2) is 376 Å². The number of fused-ring (bicyclic) bond motifs is 6. The Kier molecular flexibility index (Phi) is 30.5. The van der Waals surface area contributed by atoms with Gasteiger partial charge in [-0.15, -0.1) is 0 Å². The molecule has 0 fully saturated rings. The van der Waals surface area contributed by atoms with Crippen LogP contribution in [-0.2, 0) is 70.6 Å². The first-order valence-electron chi connectivity index (χ1n) is 51.9. The lowest BCUT2D eigenvalue weighted by atomic mass is 9.83. The van der Waals surface area contributed by atoms with Crippen molar-refractivity contribution in [3.05, 3.63) is 454 Å². The van der Waals surface area contributed by atoms with Crippen molar-refractivity contribution in [3.8, 4) is 78.3 Å². The molecule has 18 aromatic rings. The van der Waals surface area contributed by atoms with E-state index in [1.165, 1.54) is 269 Å². The van der Waals surface area contributed by atoms with E-state index in [2.05, 4.69) is 447 Å². The summed E-state index contributed by atoms with van der Waals surface area (Å²) in [6, 6.07) is 139. The summed E-state index contributed by atoms with van der Waals surface area (Å²) in [6.07, 6.45) is 26.6. The molecule has 0 saturated heterocycles. The van der Waals surface area contributed by atoms with Gasteiger partial charge in [0.15, 0.2) is 0 Å². The molecular weight excluding hydrogens is 1700 g/mol. The molecule has 0 heterocycles. The molecule has 0 amide bonds. The van der Waals surface area contributed by atoms with E-state index in [1.54, 1.807) is 33.4 Å². The van der Waals surface area contributed by atoms with Crippen molar-refractivity contribution in [2.75, 3.05) is 49.1 Å². The van der Waals surface area contributed by atoms with Crippen LogP contribution in [0.1, 0.15) is 162 Å². The van der Waals surface area contributed by atoms with Crippen LogP contribution in [0, 0.1) is 26.7 Å². The van der Waals surface area contributed by atoms with E-state index in [0.29, 0.717) is 5.92 Å². The van der Waals surface area contributed by atoms with Crippen molar-refractivity contribution in [3.63, 3.8) is 0 Å². The quantitative estimate of drug-likeness (QED) is 0.0288. The third kappa shape index (κ3) is 22.7. The lowest BCUT2D eigenvalue weighted by Gasteiger charge is -2.22. The molecule has 0 bridgehead atoms. The smallest absolute Gasteiger partial charge is 0.120 e. The van der Waals surface area contributed by atoms with Gasteiger partial charge < -0.3 is 24.2 Å². The van der Waals surface area contributed by atoms with E-state index < -0.39 is 0 Å². The summed E-state index contributed by atoms with van der Waals surface area (Å²) in [4.78, 5) is 6.73. The van der Waals surface area contributed by atoms with Gasteiger partial charge in [0, 0.05) is 55.3 Å². The van der Waals surface area contributed by atoms with Crippen LogP contribution < -0.4 is 24.2 Å². The van der Waals surface area contributed by atoms with Crippen LogP contribution >= 0.6 is 0 Å². The van der Waals surface area contributed by atoms with Gasteiger partial charge in [0.25, 0.3) is 0 Å². The van der Waals surface area contributed by atoms with Crippen molar-refractivity contribution in [1.82, 2.24) is 0 Å². The zero-order valence-corrected chi connectivity index (χ0v) is 83.5. The largest absolute Gasteiger partial charge is 0.494 e. The standard InChI is InChI=1S/C51H51N.C42H39NO.C42H45NO/c1-4-5-11-37-19-29-44(30-20-37)52(3)45-31-27-42(28-32-45)50-46-14-9-10-15-47(46)51(41-22-16-36(2)17-23-41)49-35-39(21-33-48(49)50)13-8-6-7-12-38-18-24-40-25-26-43(40)34-38;1-30-14-16-33(17-15-30)40-27-26-39(34-18-21-36(22-19-34)43(2)35-12-4-3-5-13-35)41-25-23-37(29-42(40)41)44-28-7-6-9-31-10-8-11-32-20-24-38(31)32;1-4-32(10-8-9-11-33-16-19-34-20-21-37(34)26-33)30-44-42-28-38(35-17-14-31(2)15-18-35)27-39(29-42)36-22-24-41(25-23-36)43(3)40-12-6-5-7-13-40/h9-10,14-24,27-35H,4-8,11-13,25-26H2,1-3H3;3-5,8,10-19,21-23,25-27,29H,6-7,9,20,24,28H2,1-2H3;5-7,12-19,22-29,32H,4,8-11,20-21,30H2,1-3H3. The van der Waals surface area contributed by atoms with Crippen LogP contribution in [0.3, 0.4) is 0 Å². The summed E-state index contributed by atoms with van der Waals surface area (Å²) in [5.41, 5.74) is 42.6. The normalized spacial score (nSPS) is 12.3. The third-order valence-electron chi connectivity index (χ3n) is 30.0. The maximum absolute atomic E-state index is 6.57. The van der Waals surface area contributed by atoms with Gasteiger partial charge in [0.1, 0.15) is 11.5 Å². The van der Waals surface area contributed by atoms with E-state index in [9.17, 15) is 0 Å². The molecule has 3 aliphatic carbocycles. The topological polar surface area (TPSA) is 28.2 Å². The Morgan fingerprint density at radius 2 is 0.679 bits per heavy atom. The number of benzene rings is 18. The van der Waals surface area contributed by atoms with Crippen molar-refractivity contribution >= 4 is 66.4 Å². The van der Waals surface area contributed by atoms with Gasteiger partial charge in [-0.05, 0) is 406 Å². The van der Waals surface area contributed by atoms with Gasteiger partial charge in [-0.1, -0.05) is 329 Å². The van der Waals surface area contributed by atoms with Gasteiger partial charge >= 0.3 is 0 Å². The number of aryl methyl sites for hydroxylation is 13. The Bertz CT molecular complexity index is 7230. The molecule has 18 aromatic carbocycles. The van der Waals surface area contributed by atoms with Crippen molar-refractivity contribution in [2.45, 2.75) is 176 Å². The molecule has 0 radical (unpaired) electrons. The van der Waals surface area contributed by atoms with Crippen LogP contribution in [0.2, 0.25) is 0 Å². The molecule has 0 aromatic heterocycles. The van der Waals surface area contributed by atoms with E-state index in [0.717, 1.165) is 74.6 Å². The van der Waals surface area contributed by atoms with Crippen molar-refractivity contribution in [1.29, 1.82) is 0 Å². The van der Waals surface area contributed by atoms with Crippen LogP contribution in [0.5, 0.6) is 11.5 Å². The van der Waals surface area contributed by atoms with E-state index in [4.69, 9.17) is 9.47 Å². The summed E-state index contributed by atoms with van der Waals surface area (Å²) < 4.78 is 12.9. The van der Waals surface area contributed by atoms with Crippen molar-refractivity contribution < 1.29 is 9.47 Å². The minimum atomic E-state index is 0.561. The molecule has 0 spiro atoms. The Balaban J connectivity index is 0.000000134. The number of anilines is 6. The SMILES string of the molecule is CCC(CCCCc1ccc2c(c1)CC2)COc1cc(-c2ccc(C)cc2)cc(-c2ccc(N(C)c3ccccc3)cc2)c1.CCCCc1ccc(N(C)c2ccc(-c3c4ccccc4c(-c4ccc(C)cc4)c4cc(CCCCCc5ccc6c(c5)CC6)ccc34)cc2)cc1.Cc1ccc(-c2ccc(-c3ccc(N(C)c4ccccc4)cc3)c3ccc(OCCCCc4cccc5c4CC5)cc23)cc1. The van der Waals surface area contributed by atoms with Crippen LogP contribution in [0.4, 0.5) is 34.1 Å². The maximum Gasteiger partial charge on any atom is 0.120 e. The fraction of sp³-hybridized carbons (Fsp3) is 0.244. The first-order valence-corrected chi connectivity index (χ1v) is 51.9. The number of nitrogens with zero attached hydrogens (tertiary/aromatic N) is 3. The zero-order valence-electron chi connectivity index (χ0n) is 83.5. The second-order valence-corrected chi connectivity index (χ2v) is 39.6. The number of para-hydroxylation sites is 2. The number of hydrogen-bond acceptors (Lipinski definition) is 5. The van der Waals surface area contributed by atoms with Gasteiger partial charge in [-0.25, -0.2) is 0 Å². The van der Waals surface area contributed by atoms with Gasteiger partial charge in [0.2, 0.25) is 0 Å². The number of ether oxygens (including phenoxy) is 2. The first kappa shape index (κ1) is 94.7. The average molecular weight is 1830 g/mol. The first-order chi connectivity index (χ1) is 68.7. The summed E-state index contributed by atoms with van der Waals surface area (Å²) in [5.74, 6) is 2.45. The lowest BCUT2D eigenvalue weighted by molar-refractivity contribution is 0.233. The van der Waals surface area contributed by atoms with E-state index in [-0.39, 0.29) is 0 Å². The molecule has 21 rings (SSSR count). The Labute approximate surface area is 833 Å². The fourth-order valence-corrected chi connectivity index (χ4v) is 20.9. The summed E-state index contributed by atoms with van der Waals surface area (Å²) >= 11 is 0. The molecule has 3 aliphatic rings. The van der Waals surface area contributed by atoms with Crippen LogP contribution in [-0.4, -0.2) is 34.4 Å². The molecule has 0 aliphatic heterocycles. The monoisotopic (exact) mass is 1830 g/mol. The lowest BCUT2D eigenvalue weighted by Crippen LogP contribution is -2.12.